The molecule has 1 fully saturated rings. The van der Waals surface area contributed by atoms with Crippen molar-refractivity contribution >= 4 is 21.9 Å². The van der Waals surface area contributed by atoms with E-state index in [0.717, 1.165) is 17.3 Å². The number of carboxylic acid groups (broad SMARTS) is 1. The molecule has 1 N–H and O–H groups in total. The Bertz CT molecular complexity index is 394. The Kier molecular flexibility index (Phi) is 2.58. The Labute approximate surface area is 96.4 Å². The van der Waals surface area contributed by atoms with Gasteiger partial charge in [-0.15, -0.1) is 0 Å². The van der Waals surface area contributed by atoms with Crippen LogP contribution in [0.1, 0.15) is 31.4 Å². The zero-order chi connectivity index (χ0) is 11.1. The summed E-state index contributed by atoms with van der Waals surface area (Å²) in [4.78, 5) is 11.4. The van der Waals surface area contributed by atoms with Gasteiger partial charge in [0.1, 0.15) is 5.41 Å². The SMILES string of the molecule is Cn1cc(Br)c(C2(C(=O)O)CCCC2)n1. The maximum absolute atomic E-state index is 11.4. The number of aromatic nitrogens is 2. The van der Waals surface area contributed by atoms with Crippen LogP contribution in [0.5, 0.6) is 0 Å². The Morgan fingerprint density at radius 2 is 2.20 bits per heavy atom. The van der Waals surface area contributed by atoms with Gasteiger partial charge >= 0.3 is 5.97 Å². The molecule has 0 saturated heterocycles. The Hall–Kier alpha value is -0.840. The smallest absolute Gasteiger partial charge is 0.315 e. The first-order valence-corrected chi connectivity index (χ1v) is 5.78. The van der Waals surface area contributed by atoms with Crippen LogP contribution in [0.2, 0.25) is 0 Å². The van der Waals surface area contributed by atoms with E-state index in [-0.39, 0.29) is 0 Å². The molecule has 1 aromatic rings. The topological polar surface area (TPSA) is 55.1 Å². The molecule has 0 aromatic carbocycles. The van der Waals surface area contributed by atoms with Gasteiger partial charge in [0.05, 0.1) is 10.2 Å². The van der Waals surface area contributed by atoms with Gasteiger partial charge in [-0.05, 0) is 28.8 Å². The highest BCUT2D eigenvalue weighted by Gasteiger charge is 2.46. The van der Waals surface area contributed by atoms with E-state index in [4.69, 9.17) is 0 Å². The largest absolute Gasteiger partial charge is 0.481 e. The summed E-state index contributed by atoms with van der Waals surface area (Å²) < 4.78 is 2.46. The van der Waals surface area contributed by atoms with E-state index in [1.54, 1.807) is 17.9 Å². The first kappa shape index (κ1) is 10.7. The van der Waals surface area contributed by atoms with Crippen molar-refractivity contribution in [3.05, 3.63) is 16.4 Å². The highest BCUT2D eigenvalue weighted by molar-refractivity contribution is 9.10. The van der Waals surface area contributed by atoms with Crippen molar-refractivity contribution in [3.8, 4) is 0 Å². The number of rotatable bonds is 2. The molecular weight excluding hydrogens is 260 g/mol. The number of aliphatic carboxylic acids is 1. The summed E-state index contributed by atoms with van der Waals surface area (Å²) in [6, 6.07) is 0. The van der Waals surface area contributed by atoms with Crippen LogP contribution in [0.3, 0.4) is 0 Å². The number of carboxylic acids is 1. The van der Waals surface area contributed by atoms with Crippen LogP contribution in [-0.4, -0.2) is 20.9 Å². The molecule has 0 bridgehead atoms. The first-order chi connectivity index (χ1) is 7.06. The average Bonchev–Trinajstić information content (AvgIpc) is 2.72. The second-order valence-corrected chi connectivity index (χ2v) is 4.95. The minimum absolute atomic E-state index is 0.676. The van der Waals surface area contributed by atoms with Crippen LogP contribution in [0.15, 0.2) is 10.7 Å². The molecule has 1 saturated carbocycles. The Morgan fingerprint density at radius 3 is 2.60 bits per heavy atom. The first-order valence-electron chi connectivity index (χ1n) is 4.99. The van der Waals surface area contributed by atoms with E-state index in [1.807, 2.05) is 0 Å². The van der Waals surface area contributed by atoms with Gasteiger partial charge in [-0.25, -0.2) is 0 Å². The van der Waals surface area contributed by atoms with E-state index in [1.165, 1.54) is 0 Å². The van der Waals surface area contributed by atoms with Crippen LogP contribution in [0.4, 0.5) is 0 Å². The highest BCUT2D eigenvalue weighted by Crippen LogP contribution is 2.43. The summed E-state index contributed by atoms with van der Waals surface area (Å²) in [5.74, 6) is -0.751. The van der Waals surface area contributed by atoms with Gasteiger partial charge in [0.25, 0.3) is 0 Å². The maximum atomic E-state index is 11.4. The van der Waals surface area contributed by atoms with Gasteiger partial charge in [0.2, 0.25) is 0 Å². The number of halogens is 1. The molecule has 0 radical (unpaired) electrons. The zero-order valence-electron chi connectivity index (χ0n) is 8.53. The second kappa shape index (κ2) is 3.63. The van der Waals surface area contributed by atoms with E-state index in [0.29, 0.717) is 18.5 Å². The van der Waals surface area contributed by atoms with Crippen molar-refractivity contribution in [2.24, 2.45) is 7.05 Å². The molecule has 5 heteroatoms. The van der Waals surface area contributed by atoms with E-state index < -0.39 is 11.4 Å². The van der Waals surface area contributed by atoms with Crippen molar-refractivity contribution < 1.29 is 9.90 Å². The Balaban J connectivity index is 2.49. The maximum Gasteiger partial charge on any atom is 0.315 e. The minimum Gasteiger partial charge on any atom is -0.481 e. The van der Waals surface area contributed by atoms with Gasteiger partial charge in [0, 0.05) is 13.2 Å². The summed E-state index contributed by atoms with van der Waals surface area (Å²) in [5.41, 5.74) is -0.0879. The van der Waals surface area contributed by atoms with Gasteiger partial charge in [-0.3, -0.25) is 9.48 Å². The molecule has 2 rings (SSSR count). The molecule has 1 aromatic heterocycles. The van der Waals surface area contributed by atoms with Gasteiger partial charge in [-0.1, -0.05) is 12.8 Å². The predicted octanol–water partition coefficient (Wildman–Crippen LogP) is 2.08. The number of hydrogen-bond donors (Lipinski definition) is 1. The normalized spacial score (nSPS) is 19.3. The predicted molar refractivity (Wildman–Crippen MR) is 58.7 cm³/mol. The van der Waals surface area contributed by atoms with Crippen molar-refractivity contribution in [2.75, 3.05) is 0 Å². The summed E-state index contributed by atoms with van der Waals surface area (Å²) in [6.07, 6.45) is 5.12. The number of aryl methyl sites for hydroxylation is 1. The fraction of sp³-hybridized carbons (Fsp3) is 0.600. The van der Waals surface area contributed by atoms with E-state index >= 15 is 0 Å². The molecule has 1 aliphatic rings. The molecule has 82 valence electrons. The van der Waals surface area contributed by atoms with Crippen LogP contribution >= 0.6 is 15.9 Å². The molecule has 0 amide bonds. The fourth-order valence-electron chi connectivity index (χ4n) is 2.31. The van der Waals surface area contributed by atoms with E-state index in [9.17, 15) is 9.90 Å². The summed E-state index contributed by atoms with van der Waals surface area (Å²) in [6.45, 7) is 0. The number of nitrogens with zero attached hydrogens (tertiary/aromatic N) is 2. The average molecular weight is 273 g/mol. The summed E-state index contributed by atoms with van der Waals surface area (Å²) in [5, 5.41) is 13.7. The number of hydrogen-bond acceptors (Lipinski definition) is 2. The van der Waals surface area contributed by atoms with Crippen LogP contribution in [0.25, 0.3) is 0 Å². The third kappa shape index (κ3) is 1.58. The van der Waals surface area contributed by atoms with Crippen molar-refractivity contribution in [2.45, 2.75) is 31.1 Å². The van der Waals surface area contributed by atoms with Gasteiger partial charge in [0.15, 0.2) is 0 Å². The van der Waals surface area contributed by atoms with Crippen LogP contribution in [-0.2, 0) is 17.3 Å². The molecule has 0 atom stereocenters. The lowest BCUT2D eigenvalue weighted by molar-refractivity contribution is -0.143. The molecule has 4 nitrogen and oxygen atoms in total. The molecule has 15 heavy (non-hydrogen) atoms. The van der Waals surface area contributed by atoms with Gasteiger partial charge in [-0.2, -0.15) is 5.10 Å². The molecule has 1 heterocycles. The number of carbonyl (C=O) groups is 1. The van der Waals surface area contributed by atoms with Crippen LogP contribution in [0, 0.1) is 0 Å². The Morgan fingerprint density at radius 1 is 1.60 bits per heavy atom. The third-order valence-corrected chi connectivity index (χ3v) is 3.68. The minimum atomic E-state index is -0.764. The quantitative estimate of drug-likeness (QED) is 0.897. The zero-order valence-corrected chi connectivity index (χ0v) is 10.1. The van der Waals surface area contributed by atoms with Crippen molar-refractivity contribution in [3.63, 3.8) is 0 Å². The lowest BCUT2D eigenvalue weighted by Gasteiger charge is -2.21. The molecular formula is C10H13BrN2O2. The second-order valence-electron chi connectivity index (χ2n) is 4.09. The molecule has 0 aliphatic heterocycles. The molecule has 0 unspecified atom stereocenters. The van der Waals surface area contributed by atoms with Gasteiger partial charge < -0.3 is 5.11 Å². The van der Waals surface area contributed by atoms with Crippen molar-refractivity contribution in [1.29, 1.82) is 0 Å². The lowest BCUT2D eigenvalue weighted by Crippen LogP contribution is -2.33. The highest BCUT2D eigenvalue weighted by atomic mass is 79.9. The van der Waals surface area contributed by atoms with E-state index in [2.05, 4.69) is 21.0 Å². The lowest BCUT2D eigenvalue weighted by atomic mass is 9.83. The summed E-state index contributed by atoms with van der Waals surface area (Å²) in [7, 11) is 1.80. The standard InChI is InChI=1S/C10H13BrN2O2/c1-13-6-7(11)8(12-13)10(9(14)15)4-2-3-5-10/h6H,2-5H2,1H3,(H,14,15). The monoisotopic (exact) mass is 272 g/mol. The molecule has 0 spiro atoms. The summed E-state index contributed by atoms with van der Waals surface area (Å²) >= 11 is 3.38. The van der Waals surface area contributed by atoms with Crippen molar-refractivity contribution in [1.82, 2.24) is 9.78 Å². The fourth-order valence-corrected chi connectivity index (χ4v) is 3.07. The van der Waals surface area contributed by atoms with Crippen LogP contribution < -0.4 is 0 Å². The third-order valence-electron chi connectivity index (χ3n) is 3.10. The molecule has 1 aliphatic carbocycles.